The second-order valence-electron chi connectivity index (χ2n) is 7.17. The van der Waals surface area contributed by atoms with Crippen LogP contribution in [-0.4, -0.2) is 11.1 Å². The Balaban J connectivity index is 1.32. The van der Waals surface area contributed by atoms with Gasteiger partial charge in [-0.2, -0.15) is 0 Å². The van der Waals surface area contributed by atoms with Gasteiger partial charge in [0, 0.05) is 11.6 Å². The summed E-state index contributed by atoms with van der Waals surface area (Å²) in [4.78, 5) is 4.29. The molecule has 0 saturated heterocycles. The van der Waals surface area contributed by atoms with E-state index in [1.165, 1.54) is 0 Å². The average molecular weight is 414 g/mol. The zero-order chi connectivity index (χ0) is 21.5. The maximum atomic E-state index is 14.5. The highest BCUT2D eigenvalue weighted by atomic mass is 19.1. The molecule has 0 amide bonds. The van der Waals surface area contributed by atoms with Crippen LogP contribution in [0.1, 0.15) is 16.8 Å². The van der Waals surface area contributed by atoms with Crippen molar-refractivity contribution in [1.82, 2.24) is 5.16 Å². The summed E-state index contributed by atoms with van der Waals surface area (Å²) in [5, 5.41) is 6.95. The Kier molecular flexibility index (Phi) is 6.38. The number of aryl methyl sites for hydroxylation is 2. The molecule has 5 nitrogen and oxygen atoms in total. The number of aromatic nitrogens is 1. The molecule has 0 aliphatic heterocycles. The molecule has 0 radical (unpaired) electrons. The third-order valence-corrected chi connectivity index (χ3v) is 4.87. The second-order valence-corrected chi connectivity index (χ2v) is 7.17. The molecule has 4 aromatic rings. The van der Waals surface area contributed by atoms with Crippen molar-refractivity contribution in [3.05, 3.63) is 108 Å². The summed E-state index contributed by atoms with van der Waals surface area (Å²) >= 11 is 0. The summed E-state index contributed by atoms with van der Waals surface area (Å²) in [6.07, 6.45) is 1.27. The third kappa shape index (κ3) is 5.57. The molecule has 0 fully saturated rings. The molecular formula is C25H23FN4O. The van der Waals surface area contributed by atoms with Crippen molar-refractivity contribution in [2.75, 3.05) is 5.32 Å². The van der Waals surface area contributed by atoms with Crippen LogP contribution in [0.25, 0.3) is 11.1 Å². The lowest BCUT2D eigenvalue weighted by Gasteiger charge is -2.06. The summed E-state index contributed by atoms with van der Waals surface area (Å²) in [7, 11) is 0. The van der Waals surface area contributed by atoms with Crippen molar-refractivity contribution in [3.8, 4) is 11.1 Å². The van der Waals surface area contributed by atoms with E-state index in [1.54, 1.807) is 12.1 Å². The third-order valence-electron chi connectivity index (χ3n) is 4.87. The van der Waals surface area contributed by atoms with E-state index in [1.807, 2.05) is 72.8 Å². The topological polar surface area (TPSA) is 76.4 Å². The van der Waals surface area contributed by atoms with Gasteiger partial charge in [0.1, 0.15) is 5.82 Å². The van der Waals surface area contributed by atoms with Gasteiger partial charge in [-0.25, -0.2) is 9.38 Å². The highest BCUT2D eigenvalue weighted by Crippen LogP contribution is 2.24. The maximum Gasteiger partial charge on any atom is 0.231 e. The second kappa shape index (κ2) is 9.71. The normalized spacial score (nSPS) is 11.5. The minimum Gasteiger partial charge on any atom is -0.370 e. The van der Waals surface area contributed by atoms with E-state index >= 15 is 0 Å². The van der Waals surface area contributed by atoms with Crippen molar-refractivity contribution in [2.45, 2.75) is 19.4 Å². The van der Waals surface area contributed by atoms with Crippen LogP contribution in [0.15, 0.2) is 94.4 Å². The van der Waals surface area contributed by atoms with Crippen molar-refractivity contribution >= 4 is 11.8 Å². The van der Waals surface area contributed by atoms with Crippen LogP contribution in [-0.2, 0) is 19.4 Å². The first-order chi connectivity index (χ1) is 15.2. The van der Waals surface area contributed by atoms with Crippen LogP contribution >= 0.6 is 0 Å². The number of hydrogen-bond acceptors (Lipinski definition) is 3. The number of nitrogens with two attached hydrogens (primary N) is 1. The van der Waals surface area contributed by atoms with Crippen molar-refractivity contribution in [1.29, 1.82) is 0 Å². The Morgan fingerprint density at radius 1 is 0.903 bits per heavy atom. The van der Waals surface area contributed by atoms with E-state index in [-0.39, 0.29) is 11.8 Å². The van der Waals surface area contributed by atoms with Gasteiger partial charge in [-0.05, 0) is 35.6 Å². The SMILES string of the molecule is NC(=NCc1ccccc1)Nc1cc(CCc2ccc(-c3ccccc3)c(F)c2)no1. The first-order valence-corrected chi connectivity index (χ1v) is 10.1. The fourth-order valence-corrected chi connectivity index (χ4v) is 3.25. The van der Waals surface area contributed by atoms with Crippen molar-refractivity contribution in [2.24, 2.45) is 10.7 Å². The van der Waals surface area contributed by atoms with E-state index in [0.717, 1.165) is 22.4 Å². The van der Waals surface area contributed by atoms with Crippen LogP contribution in [0, 0.1) is 5.82 Å². The van der Waals surface area contributed by atoms with Crippen LogP contribution < -0.4 is 11.1 Å². The molecule has 31 heavy (non-hydrogen) atoms. The van der Waals surface area contributed by atoms with E-state index in [0.29, 0.717) is 30.8 Å². The fourth-order valence-electron chi connectivity index (χ4n) is 3.25. The molecule has 0 unspecified atom stereocenters. The number of hydrogen-bond donors (Lipinski definition) is 2. The van der Waals surface area contributed by atoms with Gasteiger partial charge in [0.2, 0.25) is 5.88 Å². The minimum atomic E-state index is -0.228. The first kappa shape index (κ1) is 20.3. The lowest BCUT2D eigenvalue weighted by atomic mass is 10.0. The molecule has 3 aromatic carbocycles. The monoisotopic (exact) mass is 414 g/mol. The van der Waals surface area contributed by atoms with Crippen LogP contribution in [0.5, 0.6) is 0 Å². The van der Waals surface area contributed by atoms with Crippen LogP contribution in [0.3, 0.4) is 0 Å². The van der Waals surface area contributed by atoms with Gasteiger partial charge < -0.3 is 10.3 Å². The van der Waals surface area contributed by atoms with Gasteiger partial charge in [-0.15, -0.1) is 0 Å². The molecule has 6 heteroatoms. The lowest BCUT2D eigenvalue weighted by Crippen LogP contribution is -2.22. The minimum absolute atomic E-state index is 0.228. The molecule has 1 heterocycles. The smallest absolute Gasteiger partial charge is 0.231 e. The number of nitrogens with one attached hydrogen (secondary N) is 1. The molecule has 0 aliphatic rings. The number of nitrogens with zero attached hydrogens (tertiary/aromatic N) is 2. The Bertz CT molecular complexity index is 1160. The Morgan fingerprint density at radius 3 is 2.39 bits per heavy atom. The maximum absolute atomic E-state index is 14.5. The number of guanidine groups is 1. The van der Waals surface area contributed by atoms with Gasteiger partial charge in [0.15, 0.2) is 5.96 Å². The van der Waals surface area contributed by atoms with E-state index in [2.05, 4.69) is 15.5 Å². The molecule has 0 bridgehead atoms. The van der Waals surface area contributed by atoms with Crippen molar-refractivity contribution < 1.29 is 8.91 Å². The zero-order valence-corrected chi connectivity index (χ0v) is 17.0. The lowest BCUT2D eigenvalue weighted by molar-refractivity contribution is 0.426. The van der Waals surface area contributed by atoms with E-state index < -0.39 is 0 Å². The van der Waals surface area contributed by atoms with Gasteiger partial charge in [0.05, 0.1) is 12.2 Å². The highest BCUT2D eigenvalue weighted by Gasteiger charge is 2.09. The van der Waals surface area contributed by atoms with Gasteiger partial charge >= 0.3 is 0 Å². The standard InChI is InChI=1S/C25H23FN4O/c26-23-15-18(12-14-22(23)20-9-5-2-6-10-20)11-13-21-16-24(31-30-21)29-25(27)28-17-19-7-3-1-4-8-19/h1-10,12,14-16H,11,13,17H2,(H3,27,28,29). The summed E-state index contributed by atoms with van der Waals surface area (Å²) in [5.74, 6) is 0.452. The van der Waals surface area contributed by atoms with E-state index in [4.69, 9.17) is 10.3 Å². The van der Waals surface area contributed by atoms with Crippen LogP contribution in [0.4, 0.5) is 10.3 Å². The summed E-state index contributed by atoms with van der Waals surface area (Å²) in [6, 6.07) is 26.5. The molecule has 0 atom stereocenters. The molecule has 1 aromatic heterocycles. The quantitative estimate of drug-likeness (QED) is 0.322. The van der Waals surface area contributed by atoms with Crippen LogP contribution in [0.2, 0.25) is 0 Å². The number of rotatable bonds is 7. The fraction of sp³-hybridized carbons (Fsp3) is 0.120. The molecule has 3 N–H and O–H groups in total. The molecule has 156 valence electrons. The first-order valence-electron chi connectivity index (χ1n) is 10.1. The summed E-state index contributed by atoms with van der Waals surface area (Å²) < 4.78 is 19.8. The number of halogens is 1. The summed E-state index contributed by atoms with van der Waals surface area (Å²) in [5.41, 5.74) is 10.1. The number of benzene rings is 3. The average Bonchev–Trinajstić information content (AvgIpc) is 3.25. The summed E-state index contributed by atoms with van der Waals surface area (Å²) in [6.45, 7) is 0.477. The number of aliphatic imine (C=N–C) groups is 1. The molecule has 0 aliphatic carbocycles. The Hall–Kier alpha value is -3.93. The largest absolute Gasteiger partial charge is 0.370 e. The van der Waals surface area contributed by atoms with Gasteiger partial charge in [-0.1, -0.05) is 78.0 Å². The predicted octanol–water partition coefficient (Wildman–Crippen LogP) is 5.19. The molecule has 0 saturated carbocycles. The van der Waals surface area contributed by atoms with Gasteiger partial charge in [0.25, 0.3) is 0 Å². The van der Waals surface area contributed by atoms with Gasteiger partial charge in [-0.3, -0.25) is 5.32 Å². The Labute approximate surface area is 180 Å². The molecule has 4 rings (SSSR count). The molecular weight excluding hydrogens is 391 g/mol. The predicted molar refractivity (Wildman–Crippen MR) is 121 cm³/mol. The highest BCUT2D eigenvalue weighted by molar-refractivity contribution is 5.90. The van der Waals surface area contributed by atoms with E-state index in [9.17, 15) is 4.39 Å². The zero-order valence-electron chi connectivity index (χ0n) is 17.0. The molecule has 0 spiro atoms. The van der Waals surface area contributed by atoms with Crippen molar-refractivity contribution in [3.63, 3.8) is 0 Å². The Morgan fingerprint density at radius 2 is 1.65 bits per heavy atom. The number of anilines is 1.